The van der Waals surface area contributed by atoms with E-state index in [0.29, 0.717) is 29.1 Å². The number of aryl methyl sites for hydroxylation is 1. The number of benzene rings is 3. The van der Waals surface area contributed by atoms with Crippen LogP contribution in [0.5, 0.6) is 0 Å². The van der Waals surface area contributed by atoms with E-state index in [1.54, 1.807) is 50.2 Å². The van der Waals surface area contributed by atoms with Gasteiger partial charge in [0.2, 0.25) is 0 Å². The number of carbonyl (C=O) groups is 2. The van der Waals surface area contributed by atoms with Crippen molar-refractivity contribution in [1.29, 1.82) is 0 Å². The maximum Gasteiger partial charge on any atom is 0.329 e. The normalized spacial score (nSPS) is 12.8. The molecule has 0 saturated heterocycles. The number of carbonyl (C=O) groups excluding carboxylic acids is 2. The van der Waals surface area contributed by atoms with Gasteiger partial charge in [-0.15, -0.1) is 0 Å². The lowest BCUT2D eigenvalue weighted by atomic mass is 10.0. The first-order valence-corrected chi connectivity index (χ1v) is 13.3. The molecular weight excluding hydrogens is 504 g/mol. The van der Waals surface area contributed by atoms with Gasteiger partial charge >= 0.3 is 5.97 Å². The Morgan fingerprint density at radius 2 is 1.61 bits per heavy atom. The summed E-state index contributed by atoms with van der Waals surface area (Å²) in [6, 6.07) is 20.8. The molecule has 0 fully saturated rings. The van der Waals surface area contributed by atoms with E-state index in [2.05, 4.69) is 5.32 Å². The van der Waals surface area contributed by atoms with Crippen molar-refractivity contribution in [2.45, 2.75) is 33.2 Å². The monoisotopic (exact) mass is 533 g/mol. The Hall–Kier alpha value is -3.95. The van der Waals surface area contributed by atoms with E-state index >= 15 is 0 Å². The van der Waals surface area contributed by atoms with Gasteiger partial charge in [-0.25, -0.2) is 4.79 Å². The quantitative estimate of drug-likeness (QED) is 0.218. The summed E-state index contributed by atoms with van der Waals surface area (Å²) in [5.74, 6) is -0.929. The summed E-state index contributed by atoms with van der Waals surface area (Å²) >= 11 is -2.68. The van der Waals surface area contributed by atoms with Gasteiger partial charge in [-0.1, -0.05) is 63.2 Å². The molecule has 1 aromatic heterocycles. The van der Waals surface area contributed by atoms with E-state index in [9.17, 15) is 18.4 Å². The second kappa shape index (κ2) is 11.6. The number of anilines is 2. The number of methoxy groups -OCH3 is 1. The van der Waals surface area contributed by atoms with E-state index in [1.165, 1.54) is 7.11 Å². The van der Waals surface area contributed by atoms with E-state index in [0.717, 1.165) is 26.4 Å². The molecule has 0 saturated carbocycles. The van der Waals surface area contributed by atoms with Crippen LogP contribution in [0.3, 0.4) is 0 Å². The van der Waals surface area contributed by atoms with Gasteiger partial charge in [0.05, 0.1) is 7.11 Å². The average molecular weight is 534 g/mol. The molecule has 2 unspecified atom stereocenters. The average Bonchev–Trinajstić information content (AvgIpc) is 3.30. The fraction of sp³-hybridized carbons (Fsp3) is 0.241. The van der Waals surface area contributed by atoms with Crippen molar-refractivity contribution >= 4 is 45.5 Å². The fourth-order valence-corrected chi connectivity index (χ4v) is 5.28. The highest BCUT2D eigenvalue weighted by molar-refractivity contribution is 7.80. The van der Waals surface area contributed by atoms with Gasteiger partial charge in [-0.05, 0) is 53.8 Å². The lowest BCUT2D eigenvalue weighted by Crippen LogP contribution is -2.46. The highest BCUT2D eigenvalue weighted by Crippen LogP contribution is 2.30. The number of furan rings is 1. The smallest absolute Gasteiger partial charge is 0.329 e. The first kappa shape index (κ1) is 27.1. The van der Waals surface area contributed by atoms with Crippen LogP contribution in [0.1, 0.15) is 36.9 Å². The van der Waals surface area contributed by atoms with Crippen LogP contribution in [0.15, 0.2) is 77.2 Å². The number of hydrogen-bond donors (Lipinski definition) is 1. The Labute approximate surface area is 224 Å². The summed E-state index contributed by atoms with van der Waals surface area (Å²) in [6.07, 6.45) is 0.670. The summed E-state index contributed by atoms with van der Waals surface area (Å²) in [5.41, 5.74) is 4.23. The summed E-state index contributed by atoms with van der Waals surface area (Å²) in [6.45, 7) is 5.50. The van der Waals surface area contributed by atoms with E-state index in [-0.39, 0.29) is 11.8 Å². The molecule has 0 aliphatic rings. The Bertz CT molecular complexity index is 1460. The molecule has 0 bridgehead atoms. The largest absolute Gasteiger partial charge is 0.755 e. The molecule has 1 N–H and O–H groups in total. The molecule has 1 amide bonds. The number of nitrogens with zero attached hydrogens (tertiary/aromatic N) is 1. The number of esters is 1. The molecule has 4 rings (SSSR count). The molecule has 198 valence electrons. The van der Waals surface area contributed by atoms with Crippen LogP contribution in [0.4, 0.5) is 11.4 Å². The number of rotatable bonds is 9. The van der Waals surface area contributed by atoms with Gasteiger partial charge in [0.1, 0.15) is 11.6 Å². The van der Waals surface area contributed by atoms with Crippen LogP contribution < -0.4 is 9.62 Å². The third-order valence-corrected chi connectivity index (χ3v) is 7.10. The van der Waals surface area contributed by atoms with Crippen molar-refractivity contribution in [1.82, 2.24) is 0 Å². The highest BCUT2D eigenvalue weighted by atomic mass is 32.2. The zero-order chi connectivity index (χ0) is 27.4. The number of para-hydroxylation sites is 1. The van der Waals surface area contributed by atoms with Crippen LogP contribution in [0.25, 0.3) is 22.1 Å². The van der Waals surface area contributed by atoms with Crippen LogP contribution in [-0.2, 0) is 27.2 Å². The molecule has 38 heavy (non-hydrogen) atoms. The highest BCUT2D eigenvalue weighted by Gasteiger charge is 2.31. The van der Waals surface area contributed by atoms with E-state index in [4.69, 9.17) is 9.15 Å². The summed E-state index contributed by atoms with van der Waals surface area (Å²) < 4.78 is 35.7. The molecule has 1 heterocycles. The van der Waals surface area contributed by atoms with E-state index in [1.807, 2.05) is 43.3 Å². The molecule has 0 radical (unpaired) electrons. The predicted molar refractivity (Wildman–Crippen MR) is 147 cm³/mol. The standard InChI is InChI=1S/C29H30N2O6S/c1-5-23-24-8-6-7-9-25(24)37-27(23)28(32)30-21-14-10-19(11-15-21)20-12-16-22(17-13-20)31(38(34)35)26(18(2)3)29(33)36-4/h6-18,26H,5H2,1-4H3,(H,30,32)(H,34,35)/p-1. The maximum absolute atomic E-state index is 13.0. The van der Waals surface area contributed by atoms with E-state index < -0.39 is 23.3 Å². The molecule has 0 spiro atoms. The molecule has 0 aliphatic carbocycles. The number of nitrogens with one attached hydrogen (secondary N) is 1. The minimum atomic E-state index is -2.68. The second-order valence-corrected chi connectivity index (χ2v) is 9.92. The van der Waals surface area contributed by atoms with Crippen LogP contribution in [-0.4, -0.2) is 33.8 Å². The van der Waals surface area contributed by atoms with Crippen LogP contribution in [0.2, 0.25) is 0 Å². The lowest BCUT2D eigenvalue weighted by Gasteiger charge is -2.35. The van der Waals surface area contributed by atoms with Crippen molar-refractivity contribution in [3.8, 4) is 11.1 Å². The van der Waals surface area contributed by atoms with Crippen LogP contribution >= 0.6 is 0 Å². The molecular formula is C29H29N2O6S-. The van der Waals surface area contributed by atoms with Gasteiger partial charge < -0.3 is 19.0 Å². The third-order valence-electron chi connectivity index (χ3n) is 6.34. The van der Waals surface area contributed by atoms with Gasteiger partial charge in [-0.3, -0.25) is 13.3 Å². The molecule has 3 aromatic carbocycles. The SMILES string of the molecule is CCc1c(C(=O)Nc2ccc(-c3ccc(N(C(C(=O)OC)C(C)C)S(=O)[O-])cc3)cc2)oc2ccccc12. The molecule has 0 aliphatic heterocycles. The molecule has 2 atom stereocenters. The zero-order valence-corrected chi connectivity index (χ0v) is 22.4. The number of hydrogen-bond acceptors (Lipinski definition) is 6. The first-order chi connectivity index (χ1) is 18.2. The number of amides is 1. The summed E-state index contributed by atoms with van der Waals surface area (Å²) in [4.78, 5) is 25.2. The molecule has 8 nitrogen and oxygen atoms in total. The minimum Gasteiger partial charge on any atom is -0.755 e. The topological polar surface area (TPSA) is 112 Å². The maximum atomic E-state index is 13.0. The second-order valence-electron chi connectivity index (χ2n) is 9.09. The Kier molecular flexibility index (Phi) is 8.29. The molecule has 9 heteroatoms. The Morgan fingerprint density at radius 1 is 1.00 bits per heavy atom. The minimum absolute atomic E-state index is 0.296. The van der Waals surface area contributed by atoms with Crippen LogP contribution in [0, 0.1) is 5.92 Å². The predicted octanol–water partition coefficient (Wildman–Crippen LogP) is 5.71. The van der Waals surface area contributed by atoms with Gasteiger partial charge in [0.15, 0.2) is 5.76 Å². The summed E-state index contributed by atoms with van der Waals surface area (Å²) in [7, 11) is 1.23. The van der Waals surface area contributed by atoms with Crippen molar-refractivity contribution in [3.05, 3.63) is 84.1 Å². The lowest BCUT2D eigenvalue weighted by molar-refractivity contribution is -0.142. The van der Waals surface area contributed by atoms with Gasteiger partial charge in [-0.2, -0.15) is 0 Å². The number of fused-ring (bicyclic) bond motifs is 1. The third kappa shape index (κ3) is 5.49. The van der Waals surface area contributed by atoms with Gasteiger partial charge in [0.25, 0.3) is 5.91 Å². The summed E-state index contributed by atoms with van der Waals surface area (Å²) in [5, 5.41) is 3.83. The van der Waals surface area contributed by atoms with Gasteiger partial charge in [0, 0.05) is 33.6 Å². The fourth-order valence-electron chi connectivity index (χ4n) is 4.47. The zero-order valence-electron chi connectivity index (χ0n) is 21.6. The molecule has 4 aromatic rings. The van der Waals surface area contributed by atoms with Crippen molar-refractivity contribution in [2.24, 2.45) is 5.92 Å². The number of ether oxygens (including phenoxy) is 1. The Balaban J connectivity index is 1.52. The van der Waals surface area contributed by atoms with Crippen molar-refractivity contribution < 1.29 is 27.5 Å². The first-order valence-electron chi connectivity index (χ1n) is 12.2. The Morgan fingerprint density at radius 3 is 2.16 bits per heavy atom. The van der Waals surface area contributed by atoms with Crippen molar-refractivity contribution in [3.63, 3.8) is 0 Å². The van der Waals surface area contributed by atoms with Crippen molar-refractivity contribution in [2.75, 3.05) is 16.7 Å².